The molecule has 8 heteroatoms. The quantitative estimate of drug-likeness (QED) is 0.659. The maximum atomic E-state index is 11.9. The maximum absolute atomic E-state index is 11.9. The zero-order chi connectivity index (χ0) is 14.6. The van der Waals surface area contributed by atoms with Crippen LogP contribution in [-0.4, -0.2) is 19.3 Å². The van der Waals surface area contributed by atoms with Gasteiger partial charge >= 0.3 is 0 Å². The van der Waals surface area contributed by atoms with E-state index >= 15 is 0 Å². The van der Waals surface area contributed by atoms with Crippen LogP contribution in [0.2, 0.25) is 5.15 Å². The van der Waals surface area contributed by atoms with E-state index < -0.39 is 15.9 Å². The van der Waals surface area contributed by atoms with Gasteiger partial charge in [0.15, 0.2) is 0 Å². The van der Waals surface area contributed by atoms with Gasteiger partial charge in [0.2, 0.25) is 0 Å². The third-order valence-electron chi connectivity index (χ3n) is 2.35. The Kier molecular flexibility index (Phi) is 4.33. The first kappa shape index (κ1) is 14.4. The molecule has 0 aliphatic rings. The monoisotopic (exact) mass is 311 g/mol. The van der Waals surface area contributed by atoms with Crippen molar-refractivity contribution in [3.05, 3.63) is 59.4 Å². The Balaban J connectivity index is 2.06. The lowest BCUT2D eigenvalue weighted by atomic mass is 10.2. The van der Waals surface area contributed by atoms with Crippen LogP contribution in [0, 0.1) is 0 Å². The van der Waals surface area contributed by atoms with E-state index in [-0.39, 0.29) is 10.0 Å². The van der Waals surface area contributed by atoms with Gasteiger partial charge in [-0.15, -0.1) is 4.83 Å². The van der Waals surface area contributed by atoms with Crippen molar-refractivity contribution in [2.24, 2.45) is 0 Å². The molecule has 0 aliphatic carbocycles. The first-order chi connectivity index (χ1) is 9.49. The van der Waals surface area contributed by atoms with E-state index in [1.54, 1.807) is 30.3 Å². The molecule has 104 valence electrons. The molecule has 0 unspecified atom stereocenters. The smallest absolute Gasteiger partial charge is 0.266 e. The lowest BCUT2D eigenvalue weighted by molar-refractivity contribution is 0.0945. The number of carbonyl (C=O) groups is 1. The van der Waals surface area contributed by atoms with E-state index in [4.69, 9.17) is 11.6 Å². The van der Waals surface area contributed by atoms with Crippen LogP contribution in [0.15, 0.2) is 53.6 Å². The fourth-order valence-corrected chi connectivity index (χ4v) is 2.25. The molecule has 2 aromatic rings. The number of halogens is 1. The summed E-state index contributed by atoms with van der Waals surface area (Å²) in [6.07, 6.45) is 1.10. The maximum Gasteiger partial charge on any atom is 0.266 e. The Morgan fingerprint density at radius 3 is 2.40 bits per heavy atom. The molecule has 6 nitrogen and oxygen atoms in total. The van der Waals surface area contributed by atoms with Gasteiger partial charge in [0, 0.05) is 11.8 Å². The average Bonchev–Trinajstić information content (AvgIpc) is 2.46. The number of aromatic nitrogens is 1. The van der Waals surface area contributed by atoms with Gasteiger partial charge in [0.25, 0.3) is 15.9 Å². The standard InChI is InChI=1S/C12H10ClN3O3S/c13-11-7-6-10(8-14-11)20(18,19)16-15-12(17)9-4-2-1-3-5-9/h1-8,16H,(H,15,17). The lowest BCUT2D eigenvalue weighted by Crippen LogP contribution is -2.41. The van der Waals surface area contributed by atoms with Gasteiger partial charge in [-0.1, -0.05) is 29.8 Å². The fourth-order valence-electron chi connectivity index (χ4n) is 1.36. The van der Waals surface area contributed by atoms with Crippen LogP contribution in [0.3, 0.4) is 0 Å². The first-order valence-electron chi connectivity index (χ1n) is 5.48. The van der Waals surface area contributed by atoms with Crippen molar-refractivity contribution in [1.82, 2.24) is 15.2 Å². The topological polar surface area (TPSA) is 88.2 Å². The molecule has 20 heavy (non-hydrogen) atoms. The summed E-state index contributed by atoms with van der Waals surface area (Å²) in [4.78, 5) is 17.2. The predicted octanol–water partition coefficient (Wildman–Crippen LogP) is 1.36. The highest BCUT2D eigenvalue weighted by molar-refractivity contribution is 7.89. The molecular weight excluding hydrogens is 302 g/mol. The minimum absolute atomic E-state index is 0.102. The van der Waals surface area contributed by atoms with Gasteiger partial charge < -0.3 is 0 Å². The zero-order valence-electron chi connectivity index (χ0n) is 10.1. The third-order valence-corrected chi connectivity index (χ3v) is 3.80. The molecule has 1 heterocycles. The Hall–Kier alpha value is -1.96. The minimum Gasteiger partial charge on any atom is -0.273 e. The van der Waals surface area contributed by atoms with Gasteiger partial charge in [-0.25, -0.2) is 13.4 Å². The van der Waals surface area contributed by atoms with E-state index in [9.17, 15) is 13.2 Å². The summed E-state index contributed by atoms with van der Waals surface area (Å²) in [7, 11) is -3.88. The number of pyridine rings is 1. The number of amides is 1. The highest BCUT2D eigenvalue weighted by atomic mass is 35.5. The summed E-state index contributed by atoms with van der Waals surface area (Å²) < 4.78 is 23.7. The van der Waals surface area contributed by atoms with Gasteiger partial charge in [-0.05, 0) is 24.3 Å². The molecule has 0 saturated carbocycles. The Labute approximate surface area is 120 Å². The second kappa shape index (κ2) is 6.00. The number of hydrogen-bond donors (Lipinski definition) is 2. The molecule has 0 atom stereocenters. The second-order valence-electron chi connectivity index (χ2n) is 3.74. The molecule has 1 amide bonds. The molecule has 0 bridgehead atoms. The van der Waals surface area contributed by atoms with E-state index in [1.165, 1.54) is 12.1 Å². The molecule has 2 rings (SSSR count). The molecule has 0 saturated heterocycles. The molecule has 1 aromatic heterocycles. The minimum atomic E-state index is -3.88. The summed E-state index contributed by atoms with van der Waals surface area (Å²) in [5, 5.41) is 0.178. The SMILES string of the molecule is O=C(NNS(=O)(=O)c1ccc(Cl)nc1)c1ccccc1. The van der Waals surface area contributed by atoms with Crippen LogP contribution in [0.5, 0.6) is 0 Å². The fraction of sp³-hybridized carbons (Fsp3) is 0. The second-order valence-corrected chi connectivity index (χ2v) is 5.81. The number of nitrogens with zero attached hydrogens (tertiary/aromatic N) is 1. The Morgan fingerprint density at radius 1 is 1.10 bits per heavy atom. The van der Waals surface area contributed by atoms with Crippen molar-refractivity contribution in [3.8, 4) is 0 Å². The summed E-state index contributed by atoms with van der Waals surface area (Å²) in [5.74, 6) is -0.559. The lowest BCUT2D eigenvalue weighted by Gasteiger charge is -2.08. The predicted molar refractivity (Wildman–Crippen MR) is 73.5 cm³/mol. The molecule has 2 N–H and O–H groups in total. The van der Waals surface area contributed by atoms with Crippen LogP contribution in [0.4, 0.5) is 0 Å². The number of hydrazine groups is 1. The van der Waals surface area contributed by atoms with Crippen molar-refractivity contribution in [2.45, 2.75) is 4.90 Å². The van der Waals surface area contributed by atoms with Gasteiger partial charge in [-0.3, -0.25) is 10.2 Å². The van der Waals surface area contributed by atoms with Crippen LogP contribution in [0.25, 0.3) is 0 Å². The Morgan fingerprint density at radius 2 is 1.80 bits per heavy atom. The highest BCUT2D eigenvalue weighted by Gasteiger charge is 2.15. The molecule has 0 fully saturated rings. The van der Waals surface area contributed by atoms with Crippen LogP contribution in [-0.2, 0) is 10.0 Å². The first-order valence-corrected chi connectivity index (χ1v) is 7.34. The normalized spacial score (nSPS) is 11.1. The number of sulfonamides is 1. The van der Waals surface area contributed by atoms with Crippen molar-refractivity contribution in [1.29, 1.82) is 0 Å². The van der Waals surface area contributed by atoms with E-state index in [2.05, 4.69) is 10.4 Å². The van der Waals surface area contributed by atoms with Crippen LogP contribution in [0.1, 0.15) is 10.4 Å². The molecule has 0 aliphatic heterocycles. The van der Waals surface area contributed by atoms with Gasteiger partial charge in [-0.2, -0.15) is 0 Å². The van der Waals surface area contributed by atoms with E-state index in [0.29, 0.717) is 5.56 Å². The van der Waals surface area contributed by atoms with Crippen LogP contribution < -0.4 is 10.3 Å². The number of benzene rings is 1. The molecule has 0 spiro atoms. The number of nitrogens with one attached hydrogen (secondary N) is 2. The molecule has 0 radical (unpaired) electrons. The van der Waals surface area contributed by atoms with E-state index in [0.717, 1.165) is 6.20 Å². The van der Waals surface area contributed by atoms with Crippen molar-refractivity contribution in [2.75, 3.05) is 0 Å². The number of rotatable bonds is 4. The third kappa shape index (κ3) is 3.53. The molecule has 1 aromatic carbocycles. The summed E-state index contributed by atoms with van der Waals surface area (Å²) in [6, 6.07) is 10.8. The van der Waals surface area contributed by atoms with Crippen LogP contribution >= 0.6 is 11.6 Å². The summed E-state index contributed by atoms with van der Waals surface area (Å²) >= 11 is 5.57. The zero-order valence-corrected chi connectivity index (χ0v) is 11.6. The number of carbonyl (C=O) groups excluding carboxylic acids is 1. The van der Waals surface area contributed by atoms with Crippen molar-refractivity contribution < 1.29 is 13.2 Å². The largest absolute Gasteiger partial charge is 0.273 e. The summed E-state index contributed by atoms with van der Waals surface area (Å²) in [5.41, 5.74) is 2.45. The van der Waals surface area contributed by atoms with Crippen molar-refractivity contribution in [3.63, 3.8) is 0 Å². The summed E-state index contributed by atoms with van der Waals surface area (Å²) in [6.45, 7) is 0. The molecular formula is C12H10ClN3O3S. The van der Waals surface area contributed by atoms with Crippen molar-refractivity contribution >= 4 is 27.5 Å². The average molecular weight is 312 g/mol. The van der Waals surface area contributed by atoms with Gasteiger partial charge in [0.05, 0.1) is 0 Å². The van der Waals surface area contributed by atoms with Gasteiger partial charge in [0.1, 0.15) is 10.0 Å². The Bertz CT molecular complexity index is 702. The van der Waals surface area contributed by atoms with E-state index in [1.807, 2.05) is 4.83 Å². The highest BCUT2D eigenvalue weighted by Crippen LogP contribution is 2.10. The number of hydrogen-bond acceptors (Lipinski definition) is 4.